The summed E-state index contributed by atoms with van der Waals surface area (Å²) < 4.78 is 5.38. The Bertz CT molecular complexity index is 261. The lowest BCUT2D eigenvalue weighted by atomic mass is 9.74. The van der Waals surface area contributed by atoms with E-state index in [9.17, 15) is 4.79 Å². The van der Waals surface area contributed by atoms with Crippen molar-refractivity contribution in [1.29, 1.82) is 0 Å². The molecule has 0 unspecified atom stereocenters. The monoisotopic (exact) mass is 200 g/mol. The molecule has 13 heavy (non-hydrogen) atoms. The Morgan fingerprint density at radius 2 is 2.38 bits per heavy atom. The third-order valence-corrected chi connectivity index (χ3v) is 2.77. The zero-order valence-electron chi connectivity index (χ0n) is 7.42. The fraction of sp³-hybridized carbons (Fsp3) is 0.750. The number of rotatable bonds is 2. The number of hydrogen-bond donors (Lipinski definition) is 2. The Morgan fingerprint density at radius 1 is 1.69 bits per heavy atom. The minimum Gasteiger partial charge on any atom is -0.378 e. The first-order valence-electron chi connectivity index (χ1n) is 4.41. The van der Waals surface area contributed by atoms with Crippen LogP contribution in [0.4, 0.5) is 0 Å². The number of amides is 1. The van der Waals surface area contributed by atoms with Gasteiger partial charge in [-0.05, 0) is 19.1 Å². The maximum Gasteiger partial charge on any atom is 0.252 e. The Hall–Kier alpha value is -0.680. The second kappa shape index (κ2) is 2.92. The van der Waals surface area contributed by atoms with E-state index in [1.54, 1.807) is 0 Å². The molecule has 1 amide bonds. The summed E-state index contributed by atoms with van der Waals surface area (Å²) in [7, 11) is 0. The molecule has 0 bridgehead atoms. The van der Waals surface area contributed by atoms with Gasteiger partial charge in [0.2, 0.25) is 0 Å². The fourth-order valence-electron chi connectivity index (χ4n) is 1.89. The van der Waals surface area contributed by atoms with Gasteiger partial charge in [0, 0.05) is 19.4 Å². The lowest BCUT2D eigenvalue weighted by Gasteiger charge is -2.41. The van der Waals surface area contributed by atoms with Crippen LogP contribution in [0.5, 0.6) is 0 Å². The van der Waals surface area contributed by atoms with E-state index < -0.39 is 5.54 Å². The van der Waals surface area contributed by atoms with Crippen molar-refractivity contribution in [2.24, 2.45) is 0 Å². The van der Waals surface area contributed by atoms with Crippen molar-refractivity contribution in [2.75, 3.05) is 6.61 Å². The van der Waals surface area contributed by atoms with Gasteiger partial charge in [-0.15, -0.1) is 0 Å². The average molecular weight is 200 g/mol. The van der Waals surface area contributed by atoms with Crippen LogP contribution in [0.3, 0.4) is 0 Å². The number of thiocarbonyl (C=S) groups is 1. The molecule has 1 heterocycles. The first-order chi connectivity index (χ1) is 6.16. The van der Waals surface area contributed by atoms with E-state index in [-0.39, 0.29) is 12.0 Å². The maximum absolute atomic E-state index is 11.4. The number of nitrogens with one attached hydrogen (secondary N) is 2. The summed E-state index contributed by atoms with van der Waals surface area (Å²) >= 11 is 4.86. The van der Waals surface area contributed by atoms with Crippen LogP contribution in [-0.4, -0.2) is 29.3 Å². The second-order valence-corrected chi connectivity index (χ2v) is 3.88. The highest BCUT2D eigenvalue weighted by molar-refractivity contribution is 7.80. The van der Waals surface area contributed by atoms with Crippen molar-refractivity contribution in [2.45, 2.75) is 31.4 Å². The third kappa shape index (κ3) is 1.32. The van der Waals surface area contributed by atoms with E-state index in [2.05, 4.69) is 10.6 Å². The van der Waals surface area contributed by atoms with E-state index in [0.717, 1.165) is 12.8 Å². The summed E-state index contributed by atoms with van der Waals surface area (Å²) in [6.07, 6.45) is 1.67. The number of carbonyl (C=O) groups excluding carboxylic acids is 1. The molecule has 4 nitrogen and oxygen atoms in total. The van der Waals surface area contributed by atoms with Gasteiger partial charge >= 0.3 is 0 Å². The van der Waals surface area contributed by atoms with Crippen molar-refractivity contribution >= 4 is 23.2 Å². The van der Waals surface area contributed by atoms with Gasteiger partial charge in [0.05, 0.1) is 6.10 Å². The Balaban J connectivity index is 1.96. The SMILES string of the molecule is CCOC1CC2(C1)NC(=S)NC2=O. The van der Waals surface area contributed by atoms with Gasteiger partial charge in [-0.25, -0.2) is 0 Å². The van der Waals surface area contributed by atoms with E-state index in [0.29, 0.717) is 11.7 Å². The highest BCUT2D eigenvalue weighted by atomic mass is 32.1. The van der Waals surface area contributed by atoms with Crippen molar-refractivity contribution in [1.82, 2.24) is 10.6 Å². The quantitative estimate of drug-likeness (QED) is 0.613. The fourth-order valence-corrected chi connectivity index (χ4v) is 2.17. The lowest BCUT2D eigenvalue weighted by Crippen LogP contribution is -2.59. The summed E-state index contributed by atoms with van der Waals surface area (Å²) in [5.41, 5.74) is -0.448. The van der Waals surface area contributed by atoms with E-state index in [4.69, 9.17) is 17.0 Å². The molecule has 1 aliphatic carbocycles. The molecule has 1 saturated carbocycles. The van der Waals surface area contributed by atoms with Crippen molar-refractivity contribution in [3.8, 4) is 0 Å². The summed E-state index contributed by atoms with van der Waals surface area (Å²) in [6.45, 7) is 2.66. The maximum atomic E-state index is 11.4. The highest BCUT2D eigenvalue weighted by Gasteiger charge is 2.54. The highest BCUT2D eigenvalue weighted by Crippen LogP contribution is 2.36. The molecule has 2 aliphatic rings. The molecule has 0 aromatic carbocycles. The van der Waals surface area contributed by atoms with Gasteiger partial charge in [-0.3, -0.25) is 4.79 Å². The van der Waals surface area contributed by atoms with Crippen LogP contribution in [-0.2, 0) is 9.53 Å². The predicted octanol–water partition coefficient (Wildman–Crippen LogP) is -0.0716. The topological polar surface area (TPSA) is 50.4 Å². The summed E-state index contributed by atoms with van der Waals surface area (Å²) in [5, 5.41) is 6.04. The van der Waals surface area contributed by atoms with Crippen LogP contribution in [0.1, 0.15) is 19.8 Å². The smallest absolute Gasteiger partial charge is 0.252 e. The molecule has 0 aromatic heterocycles. The molecule has 1 spiro atoms. The molecular weight excluding hydrogens is 188 g/mol. The summed E-state index contributed by atoms with van der Waals surface area (Å²) in [5.74, 6) is -0.00606. The molecule has 2 N–H and O–H groups in total. The molecule has 2 fully saturated rings. The molecule has 2 rings (SSSR count). The minimum atomic E-state index is -0.448. The molecule has 72 valence electrons. The van der Waals surface area contributed by atoms with Crippen LogP contribution in [0.15, 0.2) is 0 Å². The van der Waals surface area contributed by atoms with Crippen LogP contribution in [0.25, 0.3) is 0 Å². The van der Waals surface area contributed by atoms with Crippen molar-refractivity contribution in [3.63, 3.8) is 0 Å². The lowest BCUT2D eigenvalue weighted by molar-refractivity contribution is -0.134. The Labute approximate surface area is 82.0 Å². The average Bonchev–Trinajstić information content (AvgIpc) is 2.26. The van der Waals surface area contributed by atoms with Gasteiger partial charge in [-0.2, -0.15) is 0 Å². The van der Waals surface area contributed by atoms with Crippen LogP contribution < -0.4 is 10.6 Å². The predicted molar refractivity (Wildman–Crippen MR) is 51.3 cm³/mol. The summed E-state index contributed by atoms with van der Waals surface area (Å²) in [6, 6.07) is 0. The largest absolute Gasteiger partial charge is 0.378 e. The Morgan fingerprint density at radius 3 is 2.85 bits per heavy atom. The van der Waals surface area contributed by atoms with Crippen LogP contribution >= 0.6 is 12.2 Å². The number of hydrogen-bond acceptors (Lipinski definition) is 3. The molecule has 0 aromatic rings. The molecule has 0 atom stereocenters. The molecule has 1 aliphatic heterocycles. The van der Waals surface area contributed by atoms with Gasteiger partial charge in [0.15, 0.2) is 5.11 Å². The first-order valence-corrected chi connectivity index (χ1v) is 4.82. The zero-order chi connectivity index (χ0) is 9.47. The van der Waals surface area contributed by atoms with Crippen molar-refractivity contribution < 1.29 is 9.53 Å². The van der Waals surface area contributed by atoms with E-state index in [1.165, 1.54) is 0 Å². The van der Waals surface area contributed by atoms with E-state index >= 15 is 0 Å². The summed E-state index contributed by atoms with van der Waals surface area (Å²) in [4.78, 5) is 11.4. The van der Waals surface area contributed by atoms with E-state index in [1.807, 2.05) is 6.92 Å². The van der Waals surface area contributed by atoms with Gasteiger partial charge < -0.3 is 15.4 Å². The second-order valence-electron chi connectivity index (χ2n) is 3.48. The zero-order valence-corrected chi connectivity index (χ0v) is 8.24. The minimum absolute atomic E-state index is 0.00606. The normalized spacial score (nSPS) is 37.2. The van der Waals surface area contributed by atoms with Gasteiger partial charge in [0.1, 0.15) is 5.54 Å². The van der Waals surface area contributed by atoms with Crippen molar-refractivity contribution in [3.05, 3.63) is 0 Å². The third-order valence-electron chi connectivity index (χ3n) is 2.57. The Kier molecular flexibility index (Phi) is 2.00. The molecule has 1 saturated heterocycles. The first kappa shape index (κ1) is 8.90. The van der Waals surface area contributed by atoms with Crippen LogP contribution in [0, 0.1) is 0 Å². The number of carbonyl (C=O) groups is 1. The van der Waals surface area contributed by atoms with Gasteiger partial charge in [-0.1, -0.05) is 0 Å². The standard InChI is InChI=1S/C8H12N2O2S/c1-2-12-5-3-8(4-5)6(11)9-7(13)10-8/h5H,2-4H2,1H3,(H2,9,10,11,13). The van der Waals surface area contributed by atoms with Gasteiger partial charge in [0.25, 0.3) is 5.91 Å². The molecule has 0 radical (unpaired) electrons. The molecular formula is C8H12N2O2S. The number of ether oxygens (including phenoxy) is 1. The van der Waals surface area contributed by atoms with Crippen LogP contribution in [0.2, 0.25) is 0 Å². The molecule has 5 heteroatoms.